The van der Waals surface area contributed by atoms with Gasteiger partial charge in [-0.05, 0) is 57.5 Å². The average molecular weight is 360 g/mol. The average Bonchev–Trinajstić information content (AvgIpc) is 3.44. The lowest BCUT2D eigenvalue weighted by molar-refractivity contribution is -0.132. The number of nitrogens with zero attached hydrogens (tertiary/aromatic N) is 5. The number of carbonyl (C=O) groups is 1. The second-order valence-corrected chi connectivity index (χ2v) is 8.53. The van der Waals surface area contributed by atoms with E-state index in [-0.39, 0.29) is 0 Å². The smallest absolute Gasteiger partial charge is 0.222 e. The molecule has 3 fully saturated rings. The zero-order valence-corrected chi connectivity index (χ0v) is 16.2. The molecular formula is C20H33N5O. The van der Waals surface area contributed by atoms with Gasteiger partial charge in [-0.15, -0.1) is 10.2 Å². The van der Waals surface area contributed by atoms with Crippen LogP contribution in [0.5, 0.6) is 0 Å². The van der Waals surface area contributed by atoms with E-state index in [0.717, 1.165) is 50.5 Å². The van der Waals surface area contributed by atoms with Gasteiger partial charge >= 0.3 is 0 Å². The van der Waals surface area contributed by atoms with E-state index in [2.05, 4.69) is 31.6 Å². The van der Waals surface area contributed by atoms with Crippen molar-refractivity contribution in [2.24, 2.45) is 13.0 Å². The molecule has 0 unspecified atom stereocenters. The standard InChI is InChI=1S/C20H33N5O/c1-23-18(15-24-10-4-2-3-5-11-24)21-22-20(23)17-8-12-25(13-9-17)19(26)14-16-6-7-16/h16-17H,2-15H2,1H3. The highest BCUT2D eigenvalue weighted by atomic mass is 16.2. The van der Waals surface area contributed by atoms with Crippen LogP contribution in [0.2, 0.25) is 0 Å². The van der Waals surface area contributed by atoms with Crippen LogP contribution in [0.25, 0.3) is 0 Å². The van der Waals surface area contributed by atoms with Crippen molar-refractivity contribution in [2.75, 3.05) is 26.2 Å². The minimum atomic E-state index is 0.366. The van der Waals surface area contributed by atoms with Gasteiger partial charge in [-0.3, -0.25) is 9.69 Å². The summed E-state index contributed by atoms with van der Waals surface area (Å²) in [5, 5.41) is 9.05. The molecule has 26 heavy (non-hydrogen) atoms. The second-order valence-electron chi connectivity index (χ2n) is 8.53. The predicted molar refractivity (Wildman–Crippen MR) is 101 cm³/mol. The van der Waals surface area contributed by atoms with E-state index in [9.17, 15) is 4.79 Å². The summed E-state index contributed by atoms with van der Waals surface area (Å²) in [6.45, 7) is 5.05. The summed E-state index contributed by atoms with van der Waals surface area (Å²) < 4.78 is 2.22. The van der Waals surface area contributed by atoms with Gasteiger partial charge in [-0.25, -0.2) is 0 Å². The zero-order chi connectivity index (χ0) is 17.9. The molecule has 0 N–H and O–H groups in total. The highest BCUT2D eigenvalue weighted by Gasteiger charge is 2.31. The van der Waals surface area contributed by atoms with Crippen LogP contribution >= 0.6 is 0 Å². The molecule has 4 rings (SSSR count). The van der Waals surface area contributed by atoms with Crippen LogP contribution in [0.3, 0.4) is 0 Å². The molecule has 1 aromatic heterocycles. The lowest BCUT2D eigenvalue weighted by Gasteiger charge is -2.31. The normalized spacial score (nSPS) is 23.2. The fourth-order valence-corrected chi connectivity index (χ4v) is 4.45. The van der Waals surface area contributed by atoms with Crippen molar-refractivity contribution < 1.29 is 4.79 Å². The summed E-state index contributed by atoms with van der Waals surface area (Å²) in [5.41, 5.74) is 0. The number of rotatable bonds is 5. The van der Waals surface area contributed by atoms with Gasteiger partial charge < -0.3 is 9.47 Å². The molecule has 144 valence electrons. The largest absolute Gasteiger partial charge is 0.343 e. The third kappa shape index (κ3) is 4.27. The minimum absolute atomic E-state index is 0.366. The predicted octanol–water partition coefficient (Wildman–Crippen LogP) is 2.70. The molecule has 0 atom stereocenters. The number of hydrogen-bond donors (Lipinski definition) is 0. The van der Waals surface area contributed by atoms with E-state index < -0.39 is 0 Å². The van der Waals surface area contributed by atoms with Crippen molar-refractivity contribution in [1.29, 1.82) is 0 Å². The van der Waals surface area contributed by atoms with Crippen LogP contribution in [-0.4, -0.2) is 56.7 Å². The number of likely N-dealkylation sites (tertiary alicyclic amines) is 2. The summed E-state index contributed by atoms with van der Waals surface area (Å²) in [4.78, 5) is 16.9. The Balaban J connectivity index is 1.32. The van der Waals surface area contributed by atoms with Crippen LogP contribution in [0.15, 0.2) is 0 Å². The van der Waals surface area contributed by atoms with Crippen LogP contribution in [0.4, 0.5) is 0 Å². The number of hydrogen-bond acceptors (Lipinski definition) is 4. The molecule has 0 aromatic carbocycles. The first-order valence-corrected chi connectivity index (χ1v) is 10.6. The van der Waals surface area contributed by atoms with Crippen LogP contribution < -0.4 is 0 Å². The molecule has 1 aromatic rings. The Kier molecular flexibility index (Phi) is 5.57. The van der Waals surface area contributed by atoms with Crippen molar-refractivity contribution in [3.63, 3.8) is 0 Å². The summed E-state index contributed by atoms with van der Waals surface area (Å²) in [7, 11) is 2.12. The molecule has 1 aliphatic carbocycles. The van der Waals surface area contributed by atoms with Crippen LogP contribution in [0.1, 0.15) is 75.4 Å². The minimum Gasteiger partial charge on any atom is -0.343 e. The third-order valence-electron chi connectivity index (χ3n) is 6.44. The van der Waals surface area contributed by atoms with E-state index in [1.165, 1.54) is 51.6 Å². The van der Waals surface area contributed by atoms with E-state index in [1.54, 1.807) is 0 Å². The molecule has 2 aliphatic heterocycles. The van der Waals surface area contributed by atoms with E-state index in [1.807, 2.05) is 0 Å². The van der Waals surface area contributed by atoms with E-state index in [4.69, 9.17) is 0 Å². The highest BCUT2D eigenvalue weighted by Crippen LogP contribution is 2.34. The molecule has 1 saturated carbocycles. The summed E-state index contributed by atoms with van der Waals surface area (Å²) in [6, 6.07) is 0. The van der Waals surface area contributed by atoms with Gasteiger partial charge in [0.25, 0.3) is 0 Å². The molecule has 0 bridgehead atoms. The Bertz CT molecular complexity index is 608. The first-order chi connectivity index (χ1) is 12.7. The van der Waals surface area contributed by atoms with Gasteiger partial charge in [0.1, 0.15) is 11.6 Å². The lowest BCUT2D eigenvalue weighted by Crippen LogP contribution is -2.38. The SMILES string of the molecule is Cn1c(CN2CCCCCC2)nnc1C1CCN(C(=O)CC2CC2)CC1. The maximum Gasteiger partial charge on any atom is 0.222 e. The van der Waals surface area contributed by atoms with Crippen LogP contribution in [-0.2, 0) is 18.4 Å². The molecule has 6 heteroatoms. The van der Waals surface area contributed by atoms with Gasteiger partial charge in [-0.1, -0.05) is 12.8 Å². The van der Waals surface area contributed by atoms with Crippen molar-refractivity contribution >= 4 is 5.91 Å². The topological polar surface area (TPSA) is 54.3 Å². The molecule has 1 amide bonds. The van der Waals surface area contributed by atoms with Gasteiger partial charge in [0, 0.05) is 32.5 Å². The Hall–Kier alpha value is -1.43. The second kappa shape index (κ2) is 8.07. The van der Waals surface area contributed by atoms with Gasteiger partial charge in [0.05, 0.1) is 6.54 Å². The maximum atomic E-state index is 12.3. The Morgan fingerprint density at radius 1 is 0.962 bits per heavy atom. The molecule has 2 saturated heterocycles. The quantitative estimate of drug-likeness (QED) is 0.811. The molecule has 6 nitrogen and oxygen atoms in total. The highest BCUT2D eigenvalue weighted by molar-refractivity contribution is 5.76. The fraction of sp³-hybridized carbons (Fsp3) is 0.850. The maximum absolute atomic E-state index is 12.3. The third-order valence-corrected chi connectivity index (χ3v) is 6.44. The first kappa shape index (κ1) is 18.0. The van der Waals surface area contributed by atoms with Gasteiger partial charge in [0.15, 0.2) is 0 Å². The Morgan fingerprint density at radius 2 is 1.65 bits per heavy atom. The van der Waals surface area contributed by atoms with Crippen molar-refractivity contribution in [3.8, 4) is 0 Å². The van der Waals surface area contributed by atoms with Crippen molar-refractivity contribution in [2.45, 2.75) is 70.3 Å². The zero-order valence-electron chi connectivity index (χ0n) is 16.2. The number of amides is 1. The Labute approximate surface area is 156 Å². The van der Waals surface area contributed by atoms with E-state index in [0.29, 0.717) is 17.7 Å². The molecule has 3 aliphatic rings. The molecular weight excluding hydrogens is 326 g/mol. The number of piperidine rings is 1. The first-order valence-electron chi connectivity index (χ1n) is 10.6. The molecule has 0 radical (unpaired) electrons. The fourth-order valence-electron chi connectivity index (χ4n) is 4.45. The Morgan fingerprint density at radius 3 is 2.31 bits per heavy atom. The van der Waals surface area contributed by atoms with E-state index >= 15 is 0 Å². The number of aromatic nitrogens is 3. The summed E-state index contributed by atoms with van der Waals surface area (Å²) in [5.74, 6) is 3.69. The molecule has 3 heterocycles. The summed E-state index contributed by atoms with van der Waals surface area (Å²) >= 11 is 0. The van der Waals surface area contributed by atoms with Gasteiger partial charge in [-0.2, -0.15) is 0 Å². The molecule has 0 spiro atoms. The number of carbonyl (C=O) groups excluding carboxylic acids is 1. The van der Waals surface area contributed by atoms with Gasteiger partial charge in [0.2, 0.25) is 5.91 Å². The summed E-state index contributed by atoms with van der Waals surface area (Å²) in [6.07, 6.45) is 10.6. The lowest BCUT2D eigenvalue weighted by atomic mass is 9.95. The van der Waals surface area contributed by atoms with Crippen molar-refractivity contribution in [3.05, 3.63) is 11.6 Å². The van der Waals surface area contributed by atoms with Crippen LogP contribution in [0, 0.1) is 5.92 Å². The monoisotopic (exact) mass is 359 g/mol. The van der Waals surface area contributed by atoms with Crippen molar-refractivity contribution in [1.82, 2.24) is 24.6 Å².